The van der Waals surface area contributed by atoms with Gasteiger partial charge in [0.1, 0.15) is 10.1 Å². The minimum absolute atomic E-state index is 0.0329. The molecule has 0 bridgehead atoms. The molecule has 2 aromatic heterocycles. The van der Waals surface area contributed by atoms with E-state index in [1.54, 1.807) is 15.9 Å². The summed E-state index contributed by atoms with van der Waals surface area (Å²) < 4.78 is 6.74. The molecule has 1 aliphatic heterocycles. The summed E-state index contributed by atoms with van der Waals surface area (Å²) in [6, 6.07) is 9.53. The number of hydrogen-bond acceptors (Lipinski definition) is 6. The molecule has 7 heteroatoms. The van der Waals surface area contributed by atoms with Gasteiger partial charge in [-0.2, -0.15) is 0 Å². The molecule has 0 N–H and O–H groups in total. The van der Waals surface area contributed by atoms with Crippen molar-refractivity contribution in [3.8, 4) is 5.69 Å². The van der Waals surface area contributed by atoms with Crippen LogP contribution in [0, 0.1) is 0 Å². The average molecular weight is 384 g/mol. The predicted molar refractivity (Wildman–Crippen MR) is 102 cm³/mol. The second-order valence-corrected chi connectivity index (χ2v) is 8.72. The predicted octanol–water partition coefficient (Wildman–Crippen LogP) is 3.34. The van der Waals surface area contributed by atoms with Crippen LogP contribution in [0.2, 0.25) is 0 Å². The summed E-state index contributed by atoms with van der Waals surface area (Å²) >= 11 is 2.96. The molecule has 1 aromatic carbocycles. The van der Waals surface area contributed by atoms with Crippen LogP contribution in [0.5, 0.6) is 0 Å². The highest BCUT2D eigenvalue weighted by Crippen LogP contribution is 2.37. The van der Waals surface area contributed by atoms with Crippen molar-refractivity contribution in [3.05, 3.63) is 51.1 Å². The van der Waals surface area contributed by atoms with E-state index in [1.807, 2.05) is 30.3 Å². The summed E-state index contributed by atoms with van der Waals surface area (Å²) in [7, 11) is 0. The molecule has 132 valence electrons. The van der Waals surface area contributed by atoms with Gasteiger partial charge >= 0.3 is 5.97 Å². The topological polar surface area (TPSA) is 61.2 Å². The van der Waals surface area contributed by atoms with E-state index in [2.05, 4.69) is 0 Å². The third kappa shape index (κ3) is 2.49. The first-order chi connectivity index (χ1) is 12.7. The summed E-state index contributed by atoms with van der Waals surface area (Å²) in [6.07, 6.45) is 3.72. The first-order valence-corrected chi connectivity index (χ1v) is 10.4. The van der Waals surface area contributed by atoms with Gasteiger partial charge in [-0.3, -0.25) is 14.2 Å². The number of aryl methyl sites for hydroxylation is 2. The number of carbonyl (C=O) groups is 1. The van der Waals surface area contributed by atoms with Gasteiger partial charge in [-0.25, -0.2) is 4.98 Å². The molecule has 0 spiro atoms. The summed E-state index contributed by atoms with van der Waals surface area (Å²) in [4.78, 5) is 32.2. The van der Waals surface area contributed by atoms with E-state index in [-0.39, 0.29) is 16.8 Å². The van der Waals surface area contributed by atoms with Gasteiger partial charge in [-0.05, 0) is 37.0 Å². The van der Waals surface area contributed by atoms with Crippen molar-refractivity contribution in [1.82, 2.24) is 9.55 Å². The van der Waals surface area contributed by atoms with Crippen LogP contribution in [0.3, 0.4) is 0 Å². The number of benzene rings is 1. The van der Waals surface area contributed by atoms with E-state index in [4.69, 9.17) is 9.72 Å². The third-order valence-corrected chi connectivity index (χ3v) is 7.24. The third-order valence-electron chi connectivity index (χ3n) is 4.86. The molecule has 26 heavy (non-hydrogen) atoms. The van der Waals surface area contributed by atoms with Gasteiger partial charge in [0.2, 0.25) is 0 Å². The van der Waals surface area contributed by atoms with Gasteiger partial charge < -0.3 is 4.74 Å². The van der Waals surface area contributed by atoms with E-state index < -0.39 is 0 Å². The molecule has 1 unspecified atom stereocenters. The fourth-order valence-electron chi connectivity index (χ4n) is 3.62. The lowest BCUT2D eigenvalue weighted by atomic mass is 10.2. The molecule has 5 rings (SSSR count). The molecule has 0 amide bonds. The Kier molecular flexibility index (Phi) is 3.86. The van der Waals surface area contributed by atoms with Gasteiger partial charge in [-0.15, -0.1) is 11.3 Å². The van der Waals surface area contributed by atoms with Crippen LogP contribution in [-0.2, 0) is 22.4 Å². The van der Waals surface area contributed by atoms with E-state index in [9.17, 15) is 9.59 Å². The van der Waals surface area contributed by atoms with E-state index in [0.29, 0.717) is 18.2 Å². The van der Waals surface area contributed by atoms with Gasteiger partial charge in [0, 0.05) is 11.3 Å². The van der Waals surface area contributed by atoms with Crippen LogP contribution >= 0.6 is 23.1 Å². The minimum Gasteiger partial charge on any atom is -0.465 e. The van der Waals surface area contributed by atoms with Crippen molar-refractivity contribution in [1.29, 1.82) is 0 Å². The number of carbonyl (C=O) groups excluding carboxylic acids is 1. The van der Waals surface area contributed by atoms with Gasteiger partial charge in [0.15, 0.2) is 5.16 Å². The highest BCUT2D eigenvalue weighted by atomic mass is 32.2. The Morgan fingerprint density at radius 2 is 2.04 bits per heavy atom. The number of ether oxygens (including phenoxy) is 1. The molecule has 5 nitrogen and oxygen atoms in total. The van der Waals surface area contributed by atoms with Crippen LogP contribution in [-0.4, -0.2) is 27.4 Å². The lowest BCUT2D eigenvalue weighted by Crippen LogP contribution is -2.23. The lowest BCUT2D eigenvalue weighted by molar-refractivity contribution is -0.137. The number of para-hydroxylation sites is 1. The number of cyclic esters (lactones) is 1. The first kappa shape index (κ1) is 16.1. The second-order valence-electron chi connectivity index (χ2n) is 6.47. The normalized spacial score (nSPS) is 19.1. The van der Waals surface area contributed by atoms with Crippen molar-refractivity contribution in [2.45, 2.75) is 36.1 Å². The van der Waals surface area contributed by atoms with E-state index >= 15 is 0 Å². The van der Waals surface area contributed by atoms with Gasteiger partial charge in [0.25, 0.3) is 5.56 Å². The van der Waals surface area contributed by atoms with Crippen LogP contribution in [0.25, 0.3) is 15.9 Å². The number of hydrogen-bond donors (Lipinski definition) is 0. The summed E-state index contributed by atoms with van der Waals surface area (Å²) in [6.45, 7) is 0.432. The Hall–Kier alpha value is -2.12. The number of thiophene rings is 1. The summed E-state index contributed by atoms with van der Waals surface area (Å²) in [5.74, 6) is -0.224. The number of fused-ring (bicyclic) bond motifs is 3. The first-order valence-electron chi connectivity index (χ1n) is 8.68. The molecule has 1 aliphatic carbocycles. The maximum atomic E-state index is 13.4. The van der Waals surface area contributed by atoms with Crippen molar-refractivity contribution in [2.24, 2.45) is 0 Å². The average Bonchev–Trinajstić information content (AvgIpc) is 3.32. The molecule has 0 radical (unpaired) electrons. The quantitative estimate of drug-likeness (QED) is 0.512. The zero-order valence-corrected chi connectivity index (χ0v) is 15.6. The smallest absolute Gasteiger partial charge is 0.319 e. The second kappa shape index (κ2) is 6.25. The Balaban J connectivity index is 1.74. The summed E-state index contributed by atoms with van der Waals surface area (Å²) in [5, 5.41) is 1.02. The number of aromatic nitrogens is 2. The standard InChI is InChI=1S/C19H16N2O3S2/c22-17-15-12-7-4-8-13(12)25-16(15)20-19(26-14-9-10-24-18(14)23)21(17)11-5-2-1-3-6-11/h1-3,5-6,14H,4,7-10H2. The van der Waals surface area contributed by atoms with Crippen molar-refractivity contribution in [3.63, 3.8) is 0 Å². The number of esters is 1. The lowest BCUT2D eigenvalue weighted by Gasteiger charge is -2.13. The molecule has 2 aliphatic rings. The fraction of sp³-hybridized carbons (Fsp3) is 0.316. The van der Waals surface area contributed by atoms with Crippen LogP contribution < -0.4 is 5.56 Å². The molecular formula is C19H16N2O3S2. The Morgan fingerprint density at radius 1 is 1.19 bits per heavy atom. The zero-order valence-electron chi connectivity index (χ0n) is 13.9. The minimum atomic E-state index is -0.305. The van der Waals surface area contributed by atoms with Gasteiger partial charge in [-0.1, -0.05) is 30.0 Å². The van der Waals surface area contributed by atoms with Crippen molar-refractivity contribution in [2.75, 3.05) is 6.61 Å². The highest BCUT2D eigenvalue weighted by molar-refractivity contribution is 8.00. The molecule has 0 saturated carbocycles. The van der Waals surface area contributed by atoms with Gasteiger partial charge in [0.05, 0.1) is 17.7 Å². The van der Waals surface area contributed by atoms with Crippen molar-refractivity contribution < 1.29 is 9.53 Å². The Bertz CT molecular complexity index is 1070. The molecule has 1 atom stereocenters. The number of rotatable bonds is 3. The van der Waals surface area contributed by atoms with Crippen LogP contribution in [0.1, 0.15) is 23.3 Å². The molecule has 3 aromatic rings. The Labute approximate surface area is 158 Å². The summed E-state index contributed by atoms with van der Waals surface area (Å²) in [5.41, 5.74) is 1.91. The van der Waals surface area contributed by atoms with Crippen molar-refractivity contribution >= 4 is 39.3 Å². The fourth-order valence-corrected chi connectivity index (χ4v) is 6.00. The van der Waals surface area contributed by atoms with E-state index in [1.165, 1.54) is 22.2 Å². The highest BCUT2D eigenvalue weighted by Gasteiger charge is 2.31. The maximum absolute atomic E-state index is 13.4. The largest absolute Gasteiger partial charge is 0.465 e. The molecule has 1 fully saturated rings. The molecular weight excluding hydrogens is 368 g/mol. The number of thioether (sulfide) groups is 1. The SMILES string of the molecule is O=C1OCCC1Sc1nc2sc3c(c2c(=O)n1-c1ccccc1)CCC3. The molecule has 1 saturated heterocycles. The molecule has 3 heterocycles. The zero-order chi connectivity index (χ0) is 17.7. The van der Waals surface area contributed by atoms with E-state index in [0.717, 1.165) is 35.2 Å². The Morgan fingerprint density at radius 3 is 2.81 bits per heavy atom. The maximum Gasteiger partial charge on any atom is 0.319 e. The van der Waals surface area contributed by atoms with Crippen LogP contribution in [0.4, 0.5) is 0 Å². The van der Waals surface area contributed by atoms with Crippen LogP contribution in [0.15, 0.2) is 40.3 Å². The monoisotopic (exact) mass is 384 g/mol. The number of nitrogens with zero attached hydrogens (tertiary/aromatic N) is 2.